The van der Waals surface area contributed by atoms with Crippen LogP contribution < -0.4 is 10.6 Å². The van der Waals surface area contributed by atoms with Crippen LogP contribution in [0.15, 0.2) is 18.3 Å². The number of nitrogens with two attached hydrogens (primary N) is 1. The largest absolute Gasteiger partial charge is 0.381 e. The minimum absolute atomic E-state index is 0.680. The van der Waals surface area contributed by atoms with E-state index in [1.165, 1.54) is 5.56 Å². The predicted molar refractivity (Wildman–Crippen MR) is 73.8 cm³/mol. The Kier molecular flexibility index (Phi) is 4.96. The quantitative estimate of drug-likeness (QED) is 0.858. The molecular weight excluding hydrogens is 226 g/mol. The summed E-state index contributed by atoms with van der Waals surface area (Å²) in [6, 6.07) is 4.21. The summed E-state index contributed by atoms with van der Waals surface area (Å²) >= 11 is 0. The van der Waals surface area contributed by atoms with Gasteiger partial charge in [0.25, 0.3) is 0 Å². The molecule has 0 saturated carbocycles. The molecule has 1 fully saturated rings. The first-order valence-corrected chi connectivity index (χ1v) is 6.73. The van der Waals surface area contributed by atoms with Crippen LogP contribution in [0.3, 0.4) is 0 Å². The lowest BCUT2D eigenvalue weighted by Gasteiger charge is -2.27. The highest BCUT2D eigenvalue weighted by atomic mass is 16.5. The predicted octanol–water partition coefficient (Wildman–Crippen LogP) is 1.45. The Hall–Kier alpha value is -1.13. The number of nitrogens with zero attached hydrogens (tertiary/aromatic N) is 2. The highest BCUT2D eigenvalue weighted by Gasteiger charge is 2.16. The lowest BCUT2D eigenvalue weighted by atomic mass is 10.00. The zero-order chi connectivity index (χ0) is 12.8. The molecule has 0 amide bonds. The van der Waals surface area contributed by atoms with E-state index in [1.54, 1.807) is 0 Å². The first-order valence-electron chi connectivity index (χ1n) is 6.73. The van der Waals surface area contributed by atoms with Gasteiger partial charge in [0.2, 0.25) is 0 Å². The van der Waals surface area contributed by atoms with Gasteiger partial charge in [-0.1, -0.05) is 6.07 Å². The van der Waals surface area contributed by atoms with Crippen LogP contribution >= 0.6 is 0 Å². The lowest BCUT2D eigenvalue weighted by molar-refractivity contribution is 0.0685. The van der Waals surface area contributed by atoms with Crippen LogP contribution in [0.1, 0.15) is 18.4 Å². The fraction of sp³-hybridized carbons (Fsp3) is 0.643. The van der Waals surface area contributed by atoms with Crippen molar-refractivity contribution < 1.29 is 4.74 Å². The lowest BCUT2D eigenvalue weighted by Crippen LogP contribution is -2.30. The summed E-state index contributed by atoms with van der Waals surface area (Å²) in [6.07, 6.45) is 5.16. The topological polar surface area (TPSA) is 51.4 Å². The summed E-state index contributed by atoms with van der Waals surface area (Å²) in [7, 11) is 2.11. The molecule has 0 radical (unpaired) electrons. The standard InChI is InChI=1S/C14H23N3O/c1-17(11-13-5-8-18-9-6-13)14-3-2-12(4-7-15)10-16-14/h2-3,10,13H,4-9,11,15H2,1H3. The maximum atomic E-state index is 5.53. The van der Waals surface area contributed by atoms with Gasteiger partial charge in [-0.25, -0.2) is 4.98 Å². The molecule has 1 saturated heterocycles. The van der Waals surface area contributed by atoms with Gasteiger partial charge in [0.1, 0.15) is 5.82 Å². The van der Waals surface area contributed by atoms with E-state index in [4.69, 9.17) is 10.5 Å². The van der Waals surface area contributed by atoms with Crippen molar-refractivity contribution >= 4 is 5.82 Å². The SMILES string of the molecule is CN(CC1CCOCC1)c1ccc(CCN)cn1. The summed E-state index contributed by atoms with van der Waals surface area (Å²) in [5.41, 5.74) is 6.74. The van der Waals surface area contributed by atoms with Crippen LogP contribution in [0.25, 0.3) is 0 Å². The van der Waals surface area contributed by atoms with E-state index in [1.807, 2.05) is 6.20 Å². The molecule has 0 aliphatic carbocycles. The van der Waals surface area contributed by atoms with Gasteiger partial charge in [0.05, 0.1) is 0 Å². The summed E-state index contributed by atoms with van der Waals surface area (Å²) in [6.45, 7) is 3.55. The van der Waals surface area contributed by atoms with Crippen molar-refractivity contribution in [2.75, 3.05) is 38.3 Å². The first kappa shape index (κ1) is 13.3. The maximum absolute atomic E-state index is 5.53. The van der Waals surface area contributed by atoms with Crippen LogP contribution in [0, 0.1) is 5.92 Å². The monoisotopic (exact) mass is 249 g/mol. The molecule has 1 aromatic heterocycles. The summed E-state index contributed by atoms with van der Waals surface area (Å²) in [5, 5.41) is 0. The zero-order valence-corrected chi connectivity index (χ0v) is 11.1. The van der Waals surface area contributed by atoms with Crippen LogP contribution in [0.5, 0.6) is 0 Å². The number of anilines is 1. The summed E-state index contributed by atoms with van der Waals surface area (Å²) < 4.78 is 5.38. The van der Waals surface area contributed by atoms with Gasteiger partial charge >= 0.3 is 0 Å². The molecule has 100 valence electrons. The van der Waals surface area contributed by atoms with Crippen molar-refractivity contribution in [2.24, 2.45) is 11.7 Å². The molecule has 1 aliphatic heterocycles. The molecule has 2 heterocycles. The van der Waals surface area contributed by atoms with Crippen molar-refractivity contribution in [1.82, 2.24) is 4.98 Å². The van der Waals surface area contributed by atoms with Gasteiger partial charge < -0.3 is 15.4 Å². The molecule has 1 aromatic rings. The molecule has 1 aliphatic rings. The molecule has 18 heavy (non-hydrogen) atoms. The molecule has 0 unspecified atom stereocenters. The number of hydrogen-bond donors (Lipinski definition) is 1. The number of hydrogen-bond acceptors (Lipinski definition) is 4. The van der Waals surface area contributed by atoms with E-state index in [0.29, 0.717) is 6.54 Å². The van der Waals surface area contributed by atoms with Crippen LogP contribution in [0.2, 0.25) is 0 Å². The number of pyridine rings is 1. The molecule has 0 atom stereocenters. The molecule has 2 rings (SSSR count). The minimum atomic E-state index is 0.680. The molecule has 2 N–H and O–H groups in total. The molecule has 0 spiro atoms. The highest BCUT2D eigenvalue weighted by molar-refractivity contribution is 5.38. The Morgan fingerprint density at radius 3 is 2.78 bits per heavy atom. The third-order valence-electron chi connectivity index (χ3n) is 3.51. The van der Waals surface area contributed by atoms with Gasteiger partial charge in [-0.15, -0.1) is 0 Å². The average molecular weight is 249 g/mol. The van der Waals surface area contributed by atoms with Gasteiger partial charge in [-0.3, -0.25) is 0 Å². The van der Waals surface area contributed by atoms with Crippen molar-refractivity contribution in [3.8, 4) is 0 Å². The van der Waals surface area contributed by atoms with E-state index in [0.717, 1.165) is 50.8 Å². The van der Waals surface area contributed by atoms with E-state index in [-0.39, 0.29) is 0 Å². The van der Waals surface area contributed by atoms with Crippen LogP contribution in [-0.4, -0.2) is 38.3 Å². The van der Waals surface area contributed by atoms with Gasteiger partial charge in [-0.2, -0.15) is 0 Å². The maximum Gasteiger partial charge on any atom is 0.128 e. The highest BCUT2D eigenvalue weighted by Crippen LogP contribution is 2.18. The molecule has 4 heteroatoms. The van der Waals surface area contributed by atoms with E-state index in [2.05, 4.69) is 29.1 Å². The Bertz CT molecular complexity index is 347. The summed E-state index contributed by atoms with van der Waals surface area (Å²) in [4.78, 5) is 6.74. The van der Waals surface area contributed by atoms with E-state index < -0.39 is 0 Å². The fourth-order valence-corrected chi connectivity index (χ4v) is 2.37. The number of ether oxygens (including phenoxy) is 1. The third-order valence-corrected chi connectivity index (χ3v) is 3.51. The fourth-order valence-electron chi connectivity index (χ4n) is 2.37. The Morgan fingerprint density at radius 1 is 1.39 bits per heavy atom. The smallest absolute Gasteiger partial charge is 0.128 e. The van der Waals surface area contributed by atoms with Crippen LogP contribution in [-0.2, 0) is 11.2 Å². The second-order valence-electron chi connectivity index (χ2n) is 5.00. The molecule has 0 aromatic carbocycles. The Balaban J connectivity index is 1.89. The van der Waals surface area contributed by atoms with Crippen molar-refractivity contribution in [3.05, 3.63) is 23.9 Å². The van der Waals surface area contributed by atoms with E-state index >= 15 is 0 Å². The van der Waals surface area contributed by atoms with Gasteiger partial charge in [-0.05, 0) is 43.4 Å². The van der Waals surface area contributed by atoms with Gasteiger partial charge in [0.15, 0.2) is 0 Å². The second-order valence-corrected chi connectivity index (χ2v) is 5.00. The number of rotatable bonds is 5. The van der Waals surface area contributed by atoms with Crippen molar-refractivity contribution in [3.63, 3.8) is 0 Å². The molecular formula is C14H23N3O. The first-order chi connectivity index (χ1) is 8.79. The number of aromatic nitrogens is 1. The normalized spacial score (nSPS) is 16.8. The Labute approximate surface area is 109 Å². The van der Waals surface area contributed by atoms with Crippen molar-refractivity contribution in [2.45, 2.75) is 19.3 Å². The third kappa shape index (κ3) is 3.68. The minimum Gasteiger partial charge on any atom is -0.381 e. The zero-order valence-electron chi connectivity index (χ0n) is 11.1. The average Bonchev–Trinajstić information content (AvgIpc) is 2.41. The molecule has 4 nitrogen and oxygen atoms in total. The van der Waals surface area contributed by atoms with Crippen LogP contribution in [0.4, 0.5) is 5.82 Å². The Morgan fingerprint density at radius 2 is 2.17 bits per heavy atom. The molecule has 0 bridgehead atoms. The van der Waals surface area contributed by atoms with Gasteiger partial charge in [0, 0.05) is 33.0 Å². The van der Waals surface area contributed by atoms with Crippen molar-refractivity contribution in [1.29, 1.82) is 0 Å². The second kappa shape index (κ2) is 6.71. The summed E-state index contributed by atoms with van der Waals surface area (Å²) in [5.74, 6) is 1.77. The van der Waals surface area contributed by atoms with E-state index in [9.17, 15) is 0 Å².